The van der Waals surface area contributed by atoms with Gasteiger partial charge in [0.2, 0.25) is 5.69 Å². The SMILES string of the molecule is [O-][n+]1ccccc1C=Cc1ccccc1F. The zero-order valence-electron chi connectivity index (χ0n) is 8.51. The smallest absolute Gasteiger partial charge is 0.216 e. The molecule has 0 fully saturated rings. The van der Waals surface area contributed by atoms with E-state index >= 15 is 0 Å². The normalized spacial score (nSPS) is 10.8. The average Bonchev–Trinajstić information content (AvgIpc) is 2.30. The van der Waals surface area contributed by atoms with Crippen molar-refractivity contribution in [1.29, 1.82) is 0 Å². The number of benzene rings is 1. The molecule has 16 heavy (non-hydrogen) atoms. The van der Waals surface area contributed by atoms with E-state index in [4.69, 9.17) is 0 Å². The van der Waals surface area contributed by atoms with Crippen LogP contribution in [0.1, 0.15) is 11.3 Å². The molecule has 0 spiro atoms. The Balaban J connectivity index is 2.29. The third-order valence-corrected chi connectivity index (χ3v) is 2.19. The summed E-state index contributed by atoms with van der Waals surface area (Å²) in [4.78, 5) is 0. The highest BCUT2D eigenvalue weighted by atomic mass is 19.1. The van der Waals surface area contributed by atoms with Crippen molar-refractivity contribution in [3.63, 3.8) is 0 Å². The fourth-order valence-corrected chi connectivity index (χ4v) is 1.36. The molecule has 1 aromatic carbocycles. The Morgan fingerprint density at radius 2 is 1.75 bits per heavy atom. The van der Waals surface area contributed by atoms with Gasteiger partial charge in [0.05, 0.1) is 0 Å². The third-order valence-electron chi connectivity index (χ3n) is 2.19. The summed E-state index contributed by atoms with van der Waals surface area (Å²) in [7, 11) is 0. The molecule has 0 N–H and O–H groups in total. The minimum atomic E-state index is -0.299. The van der Waals surface area contributed by atoms with Gasteiger partial charge in [-0.1, -0.05) is 18.2 Å². The van der Waals surface area contributed by atoms with Crippen molar-refractivity contribution < 1.29 is 9.12 Å². The van der Waals surface area contributed by atoms with Crippen molar-refractivity contribution in [3.8, 4) is 0 Å². The van der Waals surface area contributed by atoms with Gasteiger partial charge in [0.1, 0.15) is 5.82 Å². The molecule has 0 atom stereocenters. The van der Waals surface area contributed by atoms with E-state index in [0.717, 1.165) is 4.73 Å². The van der Waals surface area contributed by atoms with E-state index in [2.05, 4.69) is 0 Å². The van der Waals surface area contributed by atoms with Crippen molar-refractivity contribution >= 4 is 12.2 Å². The maximum Gasteiger partial charge on any atom is 0.216 e. The molecule has 0 unspecified atom stereocenters. The second-order valence-corrected chi connectivity index (χ2v) is 3.31. The quantitative estimate of drug-likeness (QED) is 0.558. The molecule has 0 aliphatic carbocycles. The van der Waals surface area contributed by atoms with E-state index in [1.54, 1.807) is 48.6 Å². The number of nitrogens with zero attached hydrogens (tertiary/aromatic N) is 1. The summed E-state index contributed by atoms with van der Waals surface area (Å²) in [6, 6.07) is 11.5. The number of hydrogen-bond donors (Lipinski definition) is 0. The highest BCUT2D eigenvalue weighted by molar-refractivity contribution is 5.67. The van der Waals surface area contributed by atoms with Crippen molar-refractivity contribution in [2.45, 2.75) is 0 Å². The Morgan fingerprint density at radius 1 is 1.00 bits per heavy atom. The van der Waals surface area contributed by atoms with Crippen LogP contribution in [0.2, 0.25) is 0 Å². The monoisotopic (exact) mass is 215 g/mol. The molecule has 2 nitrogen and oxygen atoms in total. The Bertz CT molecular complexity index is 475. The molecular formula is C13H10FNO. The first-order valence-electron chi connectivity index (χ1n) is 4.88. The molecule has 1 heterocycles. The van der Waals surface area contributed by atoms with Gasteiger partial charge in [0, 0.05) is 23.8 Å². The average molecular weight is 215 g/mol. The van der Waals surface area contributed by atoms with Crippen LogP contribution in [-0.2, 0) is 0 Å². The number of halogens is 1. The van der Waals surface area contributed by atoms with E-state index in [0.29, 0.717) is 11.3 Å². The summed E-state index contributed by atoms with van der Waals surface area (Å²) in [5.41, 5.74) is 0.942. The van der Waals surface area contributed by atoms with Gasteiger partial charge < -0.3 is 5.21 Å². The number of pyridine rings is 1. The molecule has 3 heteroatoms. The standard InChI is InChI=1S/C13H10FNO/c14-13-7-2-1-5-11(13)8-9-12-6-3-4-10-15(12)16/h1-10H. The molecule has 0 saturated carbocycles. The molecule has 1 aromatic heterocycles. The van der Waals surface area contributed by atoms with E-state index in [9.17, 15) is 9.60 Å². The van der Waals surface area contributed by atoms with Crippen LogP contribution in [0.15, 0.2) is 48.7 Å². The lowest BCUT2D eigenvalue weighted by Gasteiger charge is -1.99. The van der Waals surface area contributed by atoms with Gasteiger partial charge in [-0.15, -0.1) is 0 Å². The van der Waals surface area contributed by atoms with Crippen LogP contribution in [0.25, 0.3) is 12.2 Å². The van der Waals surface area contributed by atoms with Crippen molar-refractivity contribution in [2.75, 3.05) is 0 Å². The summed E-state index contributed by atoms with van der Waals surface area (Å²) in [5, 5.41) is 11.3. The van der Waals surface area contributed by atoms with Gasteiger partial charge in [-0.2, -0.15) is 4.73 Å². The fraction of sp³-hybridized carbons (Fsp3) is 0. The predicted molar refractivity (Wildman–Crippen MR) is 60.7 cm³/mol. The van der Waals surface area contributed by atoms with E-state index < -0.39 is 0 Å². The lowest BCUT2D eigenvalue weighted by atomic mass is 10.2. The zero-order chi connectivity index (χ0) is 11.4. The van der Waals surface area contributed by atoms with Gasteiger partial charge in [-0.05, 0) is 18.2 Å². The van der Waals surface area contributed by atoms with Gasteiger partial charge in [0.15, 0.2) is 6.20 Å². The lowest BCUT2D eigenvalue weighted by Crippen LogP contribution is -2.28. The van der Waals surface area contributed by atoms with Gasteiger partial charge in [-0.3, -0.25) is 0 Å². The van der Waals surface area contributed by atoms with E-state index in [-0.39, 0.29) is 5.82 Å². The lowest BCUT2D eigenvalue weighted by molar-refractivity contribution is -0.607. The van der Waals surface area contributed by atoms with Gasteiger partial charge in [-0.25, -0.2) is 4.39 Å². The molecule has 0 radical (unpaired) electrons. The van der Waals surface area contributed by atoms with E-state index in [1.165, 1.54) is 12.3 Å². The van der Waals surface area contributed by atoms with Crippen molar-refractivity contribution in [3.05, 3.63) is 70.9 Å². The predicted octanol–water partition coefficient (Wildman–Crippen LogP) is 2.63. The first kappa shape index (κ1) is 10.4. The van der Waals surface area contributed by atoms with Crippen LogP contribution in [0.4, 0.5) is 4.39 Å². The second-order valence-electron chi connectivity index (χ2n) is 3.31. The van der Waals surface area contributed by atoms with Crippen LogP contribution in [-0.4, -0.2) is 0 Å². The van der Waals surface area contributed by atoms with Crippen LogP contribution >= 0.6 is 0 Å². The zero-order valence-corrected chi connectivity index (χ0v) is 8.51. The highest BCUT2D eigenvalue weighted by Crippen LogP contribution is 2.09. The largest absolute Gasteiger partial charge is 0.618 e. The summed E-state index contributed by atoms with van der Waals surface area (Å²) in [6.45, 7) is 0. The molecular weight excluding hydrogens is 205 g/mol. The van der Waals surface area contributed by atoms with Crippen molar-refractivity contribution in [2.24, 2.45) is 0 Å². The van der Waals surface area contributed by atoms with Gasteiger partial charge >= 0.3 is 0 Å². The van der Waals surface area contributed by atoms with Crippen LogP contribution in [0, 0.1) is 11.0 Å². The maximum atomic E-state index is 13.3. The minimum absolute atomic E-state index is 0.299. The summed E-state index contributed by atoms with van der Waals surface area (Å²) in [5.74, 6) is -0.299. The molecule has 0 aliphatic rings. The molecule has 2 aromatic rings. The van der Waals surface area contributed by atoms with Gasteiger partial charge in [0.25, 0.3) is 0 Å². The molecule has 80 valence electrons. The minimum Gasteiger partial charge on any atom is -0.618 e. The Kier molecular flexibility index (Phi) is 2.96. The van der Waals surface area contributed by atoms with Crippen LogP contribution < -0.4 is 4.73 Å². The first-order chi connectivity index (χ1) is 7.77. The van der Waals surface area contributed by atoms with E-state index in [1.807, 2.05) is 0 Å². The summed E-state index contributed by atoms with van der Waals surface area (Å²) in [6.07, 6.45) is 4.57. The van der Waals surface area contributed by atoms with Crippen LogP contribution in [0.5, 0.6) is 0 Å². The molecule has 0 amide bonds. The maximum absolute atomic E-state index is 13.3. The highest BCUT2D eigenvalue weighted by Gasteiger charge is 1.99. The second kappa shape index (κ2) is 4.57. The molecule has 0 aliphatic heterocycles. The number of rotatable bonds is 2. The Labute approximate surface area is 92.9 Å². The van der Waals surface area contributed by atoms with Crippen LogP contribution in [0.3, 0.4) is 0 Å². The fourth-order valence-electron chi connectivity index (χ4n) is 1.36. The first-order valence-corrected chi connectivity index (χ1v) is 4.88. The van der Waals surface area contributed by atoms with Crippen molar-refractivity contribution in [1.82, 2.24) is 0 Å². The third kappa shape index (κ3) is 2.25. The molecule has 2 rings (SSSR count). The number of hydrogen-bond acceptors (Lipinski definition) is 1. The summed E-state index contributed by atoms with van der Waals surface area (Å²) < 4.78 is 14.0. The topological polar surface area (TPSA) is 26.9 Å². The number of aromatic nitrogens is 1. The molecule has 0 saturated heterocycles. The Hall–Kier alpha value is -2.16. The molecule has 0 bridgehead atoms. The Morgan fingerprint density at radius 3 is 2.50 bits per heavy atom. The summed E-state index contributed by atoms with van der Waals surface area (Å²) >= 11 is 0.